The van der Waals surface area contributed by atoms with Crippen molar-refractivity contribution in [3.05, 3.63) is 12.2 Å². The van der Waals surface area contributed by atoms with Crippen LogP contribution in [0.3, 0.4) is 0 Å². The molecule has 0 aromatic rings. The van der Waals surface area contributed by atoms with E-state index < -0.39 is 0 Å². The van der Waals surface area contributed by atoms with Gasteiger partial charge in [0.1, 0.15) is 6.61 Å². The molecule has 0 saturated carbocycles. The summed E-state index contributed by atoms with van der Waals surface area (Å²) in [4.78, 5) is 16.5. The van der Waals surface area contributed by atoms with Gasteiger partial charge in [-0.1, -0.05) is 76.9 Å². The van der Waals surface area contributed by atoms with Crippen LogP contribution in [-0.2, 0) is 56.9 Å². The second-order valence-electron chi connectivity index (χ2n) is 15.2. The van der Waals surface area contributed by atoms with E-state index in [0.29, 0.717) is 132 Å². The molecular formula is C46H90N2O12. The molecule has 0 amide bonds. The highest BCUT2D eigenvalue weighted by Gasteiger charge is 2.15. The molecule has 1 rings (SSSR count). The number of piperazine rings is 1. The minimum atomic E-state index is -0.174. The molecule has 0 unspecified atom stereocenters. The number of allylic oxidation sites excluding steroid dienone is 2. The van der Waals surface area contributed by atoms with Gasteiger partial charge in [0.25, 0.3) is 0 Å². The van der Waals surface area contributed by atoms with Crippen molar-refractivity contribution in [1.82, 2.24) is 9.80 Å². The van der Waals surface area contributed by atoms with Gasteiger partial charge in [0.05, 0.1) is 132 Å². The van der Waals surface area contributed by atoms with E-state index in [1.54, 1.807) is 0 Å². The Bertz CT molecular complexity index is 882. The van der Waals surface area contributed by atoms with Crippen LogP contribution in [0.5, 0.6) is 0 Å². The third kappa shape index (κ3) is 44.8. The Kier molecular flexibility index (Phi) is 46.1. The average Bonchev–Trinajstić information content (AvgIpc) is 3.26. The summed E-state index contributed by atoms with van der Waals surface area (Å²) in [5.74, 6) is -0.174. The Morgan fingerprint density at radius 1 is 0.400 bits per heavy atom. The van der Waals surface area contributed by atoms with E-state index in [4.69, 9.17) is 52.1 Å². The molecule has 0 radical (unpaired) electrons. The molecule has 1 fully saturated rings. The normalized spacial score (nSPS) is 13.9. The number of unbranched alkanes of at least 4 members (excludes halogenated alkanes) is 12. The maximum Gasteiger partial charge on any atom is 0.307 e. The summed E-state index contributed by atoms with van der Waals surface area (Å²) in [5, 5.41) is 0. The van der Waals surface area contributed by atoms with Crippen LogP contribution in [0.25, 0.3) is 0 Å². The van der Waals surface area contributed by atoms with Gasteiger partial charge in [-0.25, -0.2) is 0 Å². The fraction of sp³-hybridized carbons (Fsp3) is 0.935. The molecule has 0 atom stereocenters. The monoisotopic (exact) mass is 863 g/mol. The van der Waals surface area contributed by atoms with Gasteiger partial charge in [-0.15, -0.1) is 0 Å². The van der Waals surface area contributed by atoms with Crippen molar-refractivity contribution in [2.45, 2.75) is 103 Å². The van der Waals surface area contributed by atoms with Crippen molar-refractivity contribution in [2.24, 2.45) is 0 Å². The number of hydrogen-bond acceptors (Lipinski definition) is 14. The number of nitrogens with zero attached hydrogens (tertiary/aromatic N) is 2. The largest absolute Gasteiger partial charge is 0.463 e. The molecule has 0 aromatic carbocycles. The molecule has 14 heteroatoms. The van der Waals surface area contributed by atoms with E-state index in [0.717, 1.165) is 45.8 Å². The Morgan fingerprint density at radius 2 is 0.717 bits per heavy atom. The maximum absolute atomic E-state index is 11.9. The lowest BCUT2D eigenvalue weighted by molar-refractivity contribution is -0.145. The van der Waals surface area contributed by atoms with E-state index >= 15 is 0 Å². The van der Waals surface area contributed by atoms with Gasteiger partial charge in [0.2, 0.25) is 0 Å². The van der Waals surface area contributed by atoms with Crippen LogP contribution in [0, 0.1) is 0 Å². The first kappa shape index (κ1) is 56.7. The van der Waals surface area contributed by atoms with Crippen molar-refractivity contribution in [1.29, 1.82) is 0 Å². The first-order chi connectivity index (χ1) is 29.7. The van der Waals surface area contributed by atoms with E-state index in [2.05, 4.69) is 35.9 Å². The average molecular weight is 863 g/mol. The van der Waals surface area contributed by atoms with E-state index in [9.17, 15) is 4.79 Å². The quantitative estimate of drug-likeness (QED) is 0.0382. The topological polar surface area (TPSA) is 125 Å². The van der Waals surface area contributed by atoms with Crippen LogP contribution in [-0.4, -0.2) is 194 Å². The fourth-order valence-corrected chi connectivity index (χ4v) is 6.14. The summed E-state index contributed by atoms with van der Waals surface area (Å²) < 4.78 is 60.6. The maximum atomic E-state index is 11.9. The highest BCUT2D eigenvalue weighted by atomic mass is 16.6. The van der Waals surface area contributed by atoms with E-state index in [1.807, 2.05) is 0 Å². The molecule has 1 aliphatic heterocycles. The smallest absolute Gasteiger partial charge is 0.307 e. The van der Waals surface area contributed by atoms with E-state index in [-0.39, 0.29) is 12.6 Å². The van der Waals surface area contributed by atoms with Crippen LogP contribution in [0.2, 0.25) is 0 Å². The number of hydrogen-bond donors (Lipinski definition) is 0. The lowest BCUT2D eigenvalue weighted by Gasteiger charge is -2.31. The summed E-state index contributed by atoms with van der Waals surface area (Å²) in [6.45, 7) is 18.0. The zero-order valence-electron chi connectivity index (χ0n) is 38.4. The first-order valence-electron chi connectivity index (χ1n) is 23.7. The summed E-state index contributed by atoms with van der Waals surface area (Å²) in [7, 11) is 2.12. The molecule has 0 bridgehead atoms. The van der Waals surface area contributed by atoms with E-state index in [1.165, 1.54) is 83.5 Å². The van der Waals surface area contributed by atoms with Gasteiger partial charge in [-0.2, -0.15) is 0 Å². The van der Waals surface area contributed by atoms with Crippen LogP contribution < -0.4 is 0 Å². The van der Waals surface area contributed by atoms with Gasteiger partial charge >= 0.3 is 5.97 Å². The molecule has 0 N–H and O–H groups in total. The van der Waals surface area contributed by atoms with Crippen LogP contribution >= 0.6 is 0 Å². The molecular weight excluding hydrogens is 773 g/mol. The Balaban J connectivity index is 1.62. The molecule has 14 nitrogen and oxygen atoms in total. The summed E-state index contributed by atoms with van der Waals surface area (Å²) in [5.41, 5.74) is 0. The highest BCUT2D eigenvalue weighted by Crippen LogP contribution is 2.10. The molecule has 1 heterocycles. The fourth-order valence-electron chi connectivity index (χ4n) is 6.14. The number of carbonyl (C=O) groups is 1. The third-order valence-electron chi connectivity index (χ3n) is 9.87. The lowest BCUT2D eigenvalue weighted by atomic mass is 10.1. The molecule has 0 aromatic heterocycles. The van der Waals surface area contributed by atoms with Crippen molar-refractivity contribution in [3.8, 4) is 0 Å². The van der Waals surface area contributed by atoms with Gasteiger partial charge in [0.15, 0.2) is 0 Å². The standard InChI is InChI=1S/C46H90N2O12/c1-3-4-5-6-7-8-9-10-11-12-13-14-15-16-17-18-25-50-26-27-51-28-29-52-30-31-53-32-33-54-34-35-55-36-37-56-38-39-57-40-41-58-42-43-59-44-45-60-46(49)19-20-48-23-21-47(2)22-24-48/h10-11H,3-9,12-45H2,1-2H3. The Hall–Kier alpha value is -1.27. The molecule has 0 spiro atoms. The summed E-state index contributed by atoms with van der Waals surface area (Å²) in [6.07, 6.45) is 23.7. The molecule has 0 aliphatic carbocycles. The van der Waals surface area contributed by atoms with Crippen LogP contribution in [0.15, 0.2) is 12.2 Å². The van der Waals surface area contributed by atoms with Gasteiger partial charge < -0.3 is 61.9 Å². The van der Waals surface area contributed by atoms with Crippen molar-refractivity contribution < 1.29 is 56.9 Å². The zero-order valence-corrected chi connectivity index (χ0v) is 38.4. The molecule has 1 aliphatic rings. The number of rotatable bonds is 49. The van der Waals surface area contributed by atoms with Crippen LogP contribution in [0.4, 0.5) is 0 Å². The SMILES string of the molecule is CCCCCCCCC=CCCCCCCCCOCCOCCOCCOCCOCCOCCOCCOCCOCCOCCOC(=O)CCN1CCN(C)CC1. The molecule has 60 heavy (non-hydrogen) atoms. The Labute approximate surface area is 365 Å². The van der Waals surface area contributed by atoms with Crippen molar-refractivity contribution >= 4 is 5.97 Å². The predicted molar refractivity (Wildman–Crippen MR) is 237 cm³/mol. The van der Waals surface area contributed by atoms with Crippen molar-refractivity contribution in [3.63, 3.8) is 0 Å². The van der Waals surface area contributed by atoms with Crippen LogP contribution in [0.1, 0.15) is 103 Å². The highest BCUT2D eigenvalue weighted by molar-refractivity contribution is 5.69. The summed E-state index contributed by atoms with van der Waals surface area (Å²) >= 11 is 0. The number of esters is 1. The zero-order chi connectivity index (χ0) is 42.9. The van der Waals surface area contributed by atoms with Gasteiger partial charge in [0, 0.05) is 39.3 Å². The third-order valence-corrected chi connectivity index (χ3v) is 9.87. The Morgan fingerprint density at radius 3 is 1.10 bits per heavy atom. The van der Waals surface area contributed by atoms with Gasteiger partial charge in [-0.3, -0.25) is 4.79 Å². The predicted octanol–water partition coefficient (Wildman–Crippen LogP) is 6.37. The summed E-state index contributed by atoms with van der Waals surface area (Å²) in [6, 6.07) is 0. The number of likely N-dealkylation sites (N-methyl/N-ethyl adjacent to an activating group) is 1. The molecule has 1 saturated heterocycles. The van der Waals surface area contributed by atoms with Crippen molar-refractivity contribution in [2.75, 3.05) is 179 Å². The second kappa shape index (κ2) is 48.8. The van der Waals surface area contributed by atoms with Gasteiger partial charge in [-0.05, 0) is 39.2 Å². The minimum Gasteiger partial charge on any atom is -0.463 e. The molecule has 356 valence electrons. The second-order valence-corrected chi connectivity index (χ2v) is 15.2. The first-order valence-corrected chi connectivity index (χ1v) is 23.7. The number of carbonyl (C=O) groups excluding carboxylic acids is 1. The number of ether oxygens (including phenoxy) is 11. The minimum absolute atomic E-state index is 0.174. The lowest BCUT2D eigenvalue weighted by Crippen LogP contribution is -2.45.